The highest BCUT2D eigenvalue weighted by Crippen LogP contribution is 2.36. The minimum Gasteiger partial charge on any atom is -0.314 e. The summed E-state index contributed by atoms with van der Waals surface area (Å²) >= 11 is 0. The smallest absolute Gasteiger partial charge is 0.314 e. The molecule has 0 unspecified atom stereocenters. The molecule has 0 saturated carbocycles. The van der Waals surface area contributed by atoms with Crippen LogP contribution in [0.2, 0.25) is 0 Å². The van der Waals surface area contributed by atoms with Crippen molar-refractivity contribution >= 4 is 0 Å². The molecule has 1 heterocycles. The van der Waals surface area contributed by atoms with Crippen LogP contribution in [-0.2, 0) is 0 Å². The average molecular weight is 312 g/mol. The predicted octanol–water partition coefficient (Wildman–Crippen LogP) is 3.00. The normalized spacial score (nSPS) is 18.8. The first kappa shape index (κ1) is 16.1. The second kappa shape index (κ2) is 6.23. The number of piperazine rings is 1. The van der Waals surface area contributed by atoms with Gasteiger partial charge in [0.1, 0.15) is 5.82 Å². The fraction of sp³-hybridized carbons (Fsp3) is 0.538. The van der Waals surface area contributed by atoms with E-state index in [1.807, 2.05) is 0 Å². The lowest BCUT2D eigenvalue weighted by Gasteiger charge is -2.35. The summed E-state index contributed by atoms with van der Waals surface area (Å²) in [5, 5.41) is 2.96. The number of rotatable bonds is 3. The van der Waals surface area contributed by atoms with Gasteiger partial charge in [-0.2, -0.15) is 13.2 Å². The van der Waals surface area contributed by atoms with Crippen LogP contribution in [-0.4, -0.2) is 37.3 Å². The van der Waals surface area contributed by atoms with Crippen LogP contribution < -0.4 is 5.32 Å². The Morgan fingerprint density at radius 2 is 1.71 bits per heavy atom. The van der Waals surface area contributed by atoms with Gasteiger partial charge in [-0.15, -0.1) is 0 Å². The maximum absolute atomic E-state index is 13.8. The molecule has 1 aromatic rings. The zero-order chi connectivity index (χ0) is 15.6. The molecule has 0 amide bonds. The summed E-state index contributed by atoms with van der Waals surface area (Å²) in [6.07, 6.45) is -5.92. The zero-order valence-electron chi connectivity index (χ0n) is 11.0. The quantitative estimate of drug-likeness (QED) is 0.682. The molecule has 2 rings (SSSR count). The van der Waals surface area contributed by atoms with Crippen molar-refractivity contribution in [2.75, 3.05) is 26.2 Å². The lowest BCUT2D eigenvalue weighted by Crippen LogP contribution is -2.46. The Bertz CT molecular complexity index is 496. The molecule has 1 N–H and O–H groups in total. The van der Waals surface area contributed by atoms with Gasteiger partial charge < -0.3 is 5.32 Å². The molecular formula is C13H14F6N2. The Morgan fingerprint density at radius 1 is 1.10 bits per heavy atom. The van der Waals surface area contributed by atoms with Gasteiger partial charge in [-0.25, -0.2) is 13.2 Å². The van der Waals surface area contributed by atoms with Gasteiger partial charge in [0.15, 0.2) is 11.6 Å². The van der Waals surface area contributed by atoms with Crippen LogP contribution in [0.4, 0.5) is 26.3 Å². The molecule has 1 aliphatic heterocycles. The van der Waals surface area contributed by atoms with Gasteiger partial charge in [0.05, 0.1) is 6.42 Å². The largest absolute Gasteiger partial charge is 0.390 e. The van der Waals surface area contributed by atoms with E-state index in [0.29, 0.717) is 25.2 Å². The van der Waals surface area contributed by atoms with Crippen molar-refractivity contribution in [3.05, 3.63) is 35.1 Å². The summed E-state index contributed by atoms with van der Waals surface area (Å²) in [4.78, 5) is 1.39. The number of alkyl halides is 3. The standard InChI is InChI=1S/C13H14F6N2/c14-8-5-9(12(16)10(15)6-8)11(7-13(17,18)19)21-3-1-20-2-4-21/h5-6,11,20H,1-4,7H2/t11-/m1/s1. The van der Waals surface area contributed by atoms with Crippen molar-refractivity contribution in [1.82, 2.24) is 10.2 Å². The summed E-state index contributed by atoms with van der Waals surface area (Å²) in [6.45, 7) is 1.37. The van der Waals surface area contributed by atoms with E-state index in [-0.39, 0.29) is 13.1 Å². The number of nitrogens with one attached hydrogen (secondary N) is 1. The van der Waals surface area contributed by atoms with Gasteiger partial charge in [-0.05, 0) is 6.07 Å². The van der Waals surface area contributed by atoms with Crippen LogP contribution >= 0.6 is 0 Å². The lowest BCUT2D eigenvalue weighted by atomic mass is 9.99. The van der Waals surface area contributed by atoms with Gasteiger partial charge in [-0.3, -0.25) is 4.90 Å². The topological polar surface area (TPSA) is 15.3 Å². The molecule has 0 aromatic heterocycles. The second-order valence-corrected chi connectivity index (χ2v) is 4.91. The van der Waals surface area contributed by atoms with Gasteiger partial charge in [0.2, 0.25) is 0 Å². The molecule has 0 aliphatic carbocycles. The van der Waals surface area contributed by atoms with E-state index in [1.54, 1.807) is 0 Å². The van der Waals surface area contributed by atoms with E-state index in [1.165, 1.54) is 4.90 Å². The van der Waals surface area contributed by atoms with Crippen LogP contribution in [0, 0.1) is 17.5 Å². The molecule has 1 aromatic carbocycles. The first-order chi connectivity index (χ1) is 9.78. The van der Waals surface area contributed by atoms with E-state index in [2.05, 4.69) is 5.32 Å². The molecule has 1 fully saturated rings. The Kier molecular flexibility index (Phi) is 4.77. The lowest BCUT2D eigenvalue weighted by molar-refractivity contribution is -0.149. The summed E-state index contributed by atoms with van der Waals surface area (Å²) in [7, 11) is 0. The fourth-order valence-electron chi connectivity index (χ4n) is 2.47. The van der Waals surface area contributed by atoms with Crippen molar-refractivity contribution in [3.63, 3.8) is 0 Å². The van der Waals surface area contributed by atoms with Crippen LogP contribution in [0.5, 0.6) is 0 Å². The van der Waals surface area contributed by atoms with Crippen LogP contribution in [0.15, 0.2) is 12.1 Å². The van der Waals surface area contributed by atoms with Crippen molar-refractivity contribution < 1.29 is 26.3 Å². The fourth-order valence-corrected chi connectivity index (χ4v) is 2.47. The van der Waals surface area contributed by atoms with Gasteiger partial charge >= 0.3 is 6.18 Å². The van der Waals surface area contributed by atoms with Crippen molar-refractivity contribution in [2.24, 2.45) is 0 Å². The number of benzene rings is 1. The highest BCUT2D eigenvalue weighted by atomic mass is 19.4. The number of hydrogen-bond acceptors (Lipinski definition) is 2. The molecule has 0 bridgehead atoms. The predicted molar refractivity (Wildman–Crippen MR) is 64.2 cm³/mol. The molecular weight excluding hydrogens is 298 g/mol. The Hall–Kier alpha value is -1.28. The average Bonchev–Trinajstić information content (AvgIpc) is 2.40. The Morgan fingerprint density at radius 3 is 2.29 bits per heavy atom. The van der Waals surface area contributed by atoms with E-state index >= 15 is 0 Å². The molecule has 118 valence electrons. The highest BCUT2D eigenvalue weighted by molar-refractivity contribution is 5.24. The Balaban J connectivity index is 2.38. The van der Waals surface area contributed by atoms with E-state index in [0.717, 1.165) is 0 Å². The summed E-state index contributed by atoms with van der Waals surface area (Å²) < 4.78 is 78.5. The van der Waals surface area contributed by atoms with Crippen LogP contribution in [0.25, 0.3) is 0 Å². The minimum atomic E-state index is -4.56. The van der Waals surface area contributed by atoms with Crippen LogP contribution in [0.1, 0.15) is 18.0 Å². The molecule has 1 saturated heterocycles. The third kappa shape index (κ3) is 4.10. The monoisotopic (exact) mass is 312 g/mol. The zero-order valence-corrected chi connectivity index (χ0v) is 11.0. The van der Waals surface area contributed by atoms with Gasteiger partial charge in [0.25, 0.3) is 0 Å². The van der Waals surface area contributed by atoms with Gasteiger partial charge in [-0.1, -0.05) is 0 Å². The molecule has 0 radical (unpaired) electrons. The second-order valence-electron chi connectivity index (χ2n) is 4.91. The number of nitrogens with zero attached hydrogens (tertiary/aromatic N) is 1. The van der Waals surface area contributed by atoms with Crippen molar-refractivity contribution in [3.8, 4) is 0 Å². The number of hydrogen-bond donors (Lipinski definition) is 1. The molecule has 21 heavy (non-hydrogen) atoms. The third-order valence-corrected chi connectivity index (χ3v) is 3.40. The first-order valence-corrected chi connectivity index (χ1v) is 6.44. The van der Waals surface area contributed by atoms with E-state index in [9.17, 15) is 26.3 Å². The summed E-state index contributed by atoms with van der Waals surface area (Å²) in [5.74, 6) is -4.00. The van der Waals surface area contributed by atoms with Crippen LogP contribution in [0.3, 0.4) is 0 Å². The van der Waals surface area contributed by atoms with E-state index < -0.39 is 41.7 Å². The minimum absolute atomic E-state index is 0.248. The molecule has 1 atom stereocenters. The molecule has 0 spiro atoms. The third-order valence-electron chi connectivity index (χ3n) is 3.40. The number of halogens is 6. The van der Waals surface area contributed by atoms with E-state index in [4.69, 9.17) is 0 Å². The van der Waals surface area contributed by atoms with Crippen molar-refractivity contribution in [2.45, 2.75) is 18.6 Å². The maximum Gasteiger partial charge on any atom is 0.390 e. The molecule has 2 nitrogen and oxygen atoms in total. The van der Waals surface area contributed by atoms with Crippen molar-refractivity contribution in [1.29, 1.82) is 0 Å². The first-order valence-electron chi connectivity index (χ1n) is 6.44. The van der Waals surface area contributed by atoms with Gasteiger partial charge in [0, 0.05) is 43.9 Å². The maximum atomic E-state index is 13.8. The Labute approximate surface area is 117 Å². The summed E-state index contributed by atoms with van der Waals surface area (Å²) in [6, 6.07) is -0.477. The summed E-state index contributed by atoms with van der Waals surface area (Å²) in [5.41, 5.74) is -0.591. The molecule has 1 aliphatic rings. The molecule has 8 heteroatoms. The SMILES string of the molecule is Fc1cc(F)c(F)c([C@@H](CC(F)(F)F)N2CCNCC2)c1. The highest BCUT2D eigenvalue weighted by Gasteiger charge is 2.37.